The van der Waals surface area contributed by atoms with Crippen LogP contribution >= 0.6 is 11.3 Å². The lowest BCUT2D eigenvalue weighted by Gasteiger charge is -2.29. The quantitative estimate of drug-likeness (QED) is 0.817. The number of anilines is 1. The number of primary amides is 1. The molecular formula is C17H22N4O3S. The normalized spacial score (nSPS) is 16.0. The van der Waals surface area contributed by atoms with E-state index in [2.05, 4.69) is 10.3 Å². The van der Waals surface area contributed by atoms with Gasteiger partial charge in [0.25, 0.3) is 0 Å². The van der Waals surface area contributed by atoms with Crippen LogP contribution in [0.2, 0.25) is 0 Å². The van der Waals surface area contributed by atoms with Crippen molar-refractivity contribution in [1.29, 1.82) is 0 Å². The van der Waals surface area contributed by atoms with Crippen LogP contribution in [0, 0.1) is 5.92 Å². The molecule has 2 heterocycles. The molecule has 0 unspecified atom stereocenters. The number of aromatic nitrogens is 1. The van der Waals surface area contributed by atoms with Gasteiger partial charge in [0.15, 0.2) is 5.13 Å². The number of nitrogens with one attached hydrogen (secondary N) is 1. The Morgan fingerprint density at radius 3 is 2.84 bits per heavy atom. The van der Waals surface area contributed by atoms with E-state index in [0.717, 1.165) is 16.0 Å². The first-order valence-electron chi connectivity index (χ1n) is 8.40. The van der Waals surface area contributed by atoms with Gasteiger partial charge in [-0.1, -0.05) is 11.3 Å². The molecule has 1 saturated heterocycles. The molecule has 134 valence electrons. The van der Waals surface area contributed by atoms with Crippen molar-refractivity contribution in [3.8, 4) is 5.75 Å². The van der Waals surface area contributed by atoms with E-state index in [1.165, 1.54) is 11.3 Å². The summed E-state index contributed by atoms with van der Waals surface area (Å²) in [5.41, 5.74) is 6.17. The van der Waals surface area contributed by atoms with Gasteiger partial charge >= 0.3 is 0 Å². The topological polar surface area (TPSA) is 97.6 Å². The van der Waals surface area contributed by atoms with E-state index in [9.17, 15) is 9.59 Å². The third-order valence-electron chi connectivity index (χ3n) is 4.27. The SMILES string of the molecule is CCOc1ccc2nc(NC(=O)CN3CCC(C(N)=O)CC3)sc2c1. The molecule has 25 heavy (non-hydrogen) atoms. The number of amides is 2. The van der Waals surface area contributed by atoms with Crippen LogP contribution in [0.4, 0.5) is 5.13 Å². The summed E-state index contributed by atoms with van der Waals surface area (Å²) in [7, 11) is 0. The largest absolute Gasteiger partial charge is 0.494 e. The smallest absolute Gasteiger partial charge is 0.240 e. The van der Waals surface area contributed by atoms with E-state index in [1.54, 1.807) is 0 Å². The molecule has 1 aliphatic rings. The fourth-order valence-electron chi connectivity index (χ4n) is 2.95. The molecule has 1 aliphatic heterocycles. The number of hydrogen-bond donors (Lipinski definition) is 2. The second kappa shape index (κ2) is 7.79. The number of thiazole rings is 1. The number of hydrogen-bond acceptors (Lipinski definition) is 6. The summed E-state index contributed by atoms with van der Waals surface area (Å²) in [6, 6.07) is 5.70. The number of piperidine rings is 1. The van der Waals surface area contributed by atoms with Gasteiger partial charge in [0.05, 0.1) is 23.4 Å². The molecule has 0 spiro atoms. The molecule has 0 atom stereocenters. The Hall–Kier alpha value is -2.19. The molecular weight excluding hydrogens is 340 g/mol. The second-order valence-corrected chi connectivity index (χ2v) is 7.11. The summed E-state index contributed by atoms with van der Waals surface area (Å²) in [6.45, 7) is 4.26. The predicted octanol–water partition coefficient (Wildman–Crippen LogP) is 1.83. The van der Waals surface area contributed by atoms with Gasteiger partial charge in [-0.2, -0.15) is 0 Å². The van der Waals surface area contributed by atoms with E-state index in [4.69, 9.17) is 10.5 Å². The zero-order valence-electron chi connectivity index (χ0n) is 14.2. The van der Waals surface area contributed by atoms with Crippen LogP contribution in [0.15, 0.2) is 18.2 Å². The minimum atomic E-state index is -0.245. The van der Waals surface area contributed by atoms with E-state index in [0.29, 0.717) is 44.2 Å². The van der Waals surface area contributed by atoms with Gasteiger partial charge in [0.1, 0.15) is 5.75 Å². The lowest BCUT2D eigenvalue weighted by Crippen LogP contribution is -2.42. The van der Waals surface area contributed by atoms with Crippen LogP contribution in [0.25, 0.3) is 10.2 Å². The van der Waals surface area contributed by atoms with Crippen LogP contribution in [-0.2, 0) is 9.59 Å². The molecule has 2 aromatic rings. The van der Waals surface area contributed by atoms with E-state index in [-0.39, 0.29) is 17.7 Å². The van der Waals surface area contributed by atoms with Gasteiger partial charge in [-0.3, -0.25) is 14.5 Å². The van der Waals surface area contributed by atoms with E-state index < -0.39 is 0 Å². The Labute approximate surface area is 150 Å². The molecule has 1 fully saturated rings. The van der Waals surface area contributed by atoms with Crippen molar-refractivity contribution < 1.29 is 14.3 Å². The maximum absolute atomic E-state index is 12.2. The standard InChI is InChI=1S/C17H22N4O3S/c1-2-24-12-3-4-13-14(9-12)25-17(19-13)20-15(22)10-21-7-5-11(6-8-21)16(18)23/h3-4,9,11H,2,5-8,10H2,1H3,(H2,18,23)(H,19,20,22). The Balaban J connectivity index is 1.56. The lowest BCUT2D eigenvalue weighted by atomic mass is 9.96. The molecule has 0 radical (unpaired) electrons. The number of rotatable bonds is 6. The number of carbonyl (C=O) groups excluding carboxylic acids is 2. The van der Waals surface area contributed by atoms with Crippen molar-refractivity contribution in [3.63, 3.8) is 0 Å². The number of nitrogens with two attached hydrogens (primary N) is 1. The minimum absolute atomic E-state index is 0.0666. The highest BCUT2D eigenvalue weighted by Crippen LogP contribution is 2.29. The van der Waals surface area contributed by atoms with Gasteiger partial charge in [-0.15, -0.1) is 0 Å². The van der Waals surface area contributed by atoms with E-state index in [1.807, 2.05) is 30.0 Å². The number of carbonyl (C=O) groups is 2. The van der Waals surface area contributed by atoms with Crippen molar-refractivity contribution in [2.24, 2.45) is 11.7 Å². The van der Waals surface area contributed by atoms with Gasteiger partial charge in [0.2, 0.25) is 11.8 Å². The second-order valence-electron chi connectivity index (χ2n) is 6.08. The third kappa shape index (κ3) is 4.46. The van der Waals surface area contributed by atoms with Crippen LogP contribution in [0.5, 0.6) is 5.75 Å². The molecule has 1 aromatic carbocycles. The van der Waals surface area contributed by atoms with Gasteiger partial charge < -0.3 is 15.8 Å². The van der Waals surface area contributed by atoms with Crippen LogP contribution in [0.1, 0.15) is 19.8 Å². The third-order valence-corrected chi connectivity index (χ3v) is 5.21. The molecule has 0 bridgehead atoms. The molecule has 7 nitrogen and oxygen atoms in total. The highest BCUT2D eigenvalue weighted by atomic mass is 32.1. The lowest BCUT2D eigenvalue weighted by molar-refractivity contribution is -0.123. The van der Waals surface area contributed by atoms with Crippen molar-refractivity contribution >= 4 is 38.5 Å². The molecule has 3 N–H and O–H groups in total. The highest BCUT2D eigenvalue weighted by molar-refractivity contribution is 7.22. The fraction of sp³-hybridized carbons (Fsp3) is 0.471. The molecule has 0 aliphatic carbocycles. The van der Waals surface area contributed by atoms with Gasteiger partial charge in [-0.25, -0.2) is 4.98 Å². The first-order chi connectivity index (χ1) is 12.0. The Morgan fingerprint density at radius 1 is 1.40 bits per heavy atom. The summed E-state index contributed by atoms with van der Waals surface area (Å²) in [6.07, 6.45) is 1.42. The average Bonchev–Trinajstić information content (AvgIpc) is 2.96. The van der Waals surface area contributed by atoms with Crippen molar-refractivity contribution in [1.82, 2.24) is 9.88 Å². The zero-order chi connectivity index (χ0) is 17.8. The monoisotopic (exact) mass is 362 g/mol. The molecule has 1 aromatic heterocycles. The van der Waals surface area contributed by atoms with Gasteiger partial charge in [0, 0.05) is 5.92 Å². The Bertz CT molecular complexity index is 768. The maximum atomic E-state index is 12.2. The zero-order valence-corrected chi connectivity index (χ0v) is 15.0. The minimum Gasteiger partial charge on any atom is -0.494 e. The molecule has 3 rings (SSSR count). The van der Waals surface area contributed by atoms with Crippen LogP contribution in [-0.4, -0.2) is 47.9 Å². The van der Waals surface area contributed by atoms with Crippen LogP contribution in [0.3, 0.4) is 0 Å². The summed E-state index contributed by atoms with van der Waals surface area (Å²) in [4.78, 5) is 29.9. The highest BCUT2D eigenvalue weighted by Gasteiger charge is 2.24. The fourth-order valence-corrected chi connectivity index (χ4v) is 3.86. The first-order valence-corrected chi connectivity index (χ1v) is 9.21. The number of benzene rings is 1. The summed E-state index contributed by atoms with van der Waals surface area (Å²) in [5, 5.41) is 3.44. The summed E-state index contributed by atoms with van der Waals surface area (Å²) in [5.74, 6) is 0.392. The van der Waals surface area contributed by atoms with Gasteiger partial charge in [-0.05, 0) is 51.1 Å². The van der Waals surface area contributed by atoms with E-state index >= 15 is 0 Å². The number of likely N-dealkylation sites (tertiary alicyclic amines) is 1. The number of nitrogens with zero attached hydrogens (tertiary/aromatic N) is 2. The molecule has 0 saturated carbocycles. The Kier molecular flexibility index (Phi) is 5.50. The maximum Gasteiger partial charge on any atom is 0.240 e. The van der Waals surface area contributed by atoms with Crippen molar-refractivity contribution in [3.05, 3.63) is 18.2 Å². The van der Waals surface area contributed by atoms with Crippen molar-refractivity contribution in [2.45, 2.75) is 19.8 Å². The van der Waals surface area contributed by atoms with Crippen LogP contribution < -0.4 is 15.8 Å². The molecule has 8 heteroatoms. The predicted molar refractivity (Wildman–Crippen MR) is 97.8 cm³/mol. The summed E-state index contributed by atoms with van der Waals surface area (Å²) < 4.78 is 6.46. The average molecular weight is 362 g/mol. The Morgan fingerprint density at radius 2 is 2.16 bits per heavy atom. The first kappa shape index (κ1) is 17.6. The molecule has 2 amide bonds. The van der Waals surface area contributed by atoms with Crippen molar-refractivity contribution in [2.75, 3.05) is 31.6 Å². The summed E-state index contributed by atoms with van der Waals surface area (Å²) >= 11 is 1.43. The number of fused-ring (bicyclic) bond motifs is 1. The number of ether oxygens (including phenoxy) is 1.